The van der Waals surface area contributed by atoms with Gasteiger partial charge in [0.2, 0.25) is 0 Å². The molecule has 0 spiro atoms. The molecule has 1 atom stereocenters. The second-order valence-electron chi connectivity index (χ2n) is 5.61. The number of anilines is 2. The van der Waals surface area contributed by atoms with Gasteiger partial charge in [0.05, 0.1) is 5.69 Å². The van der Waals surface area contributed by atoms with E-state index in [0.717, 1.165) is 35.5 Å². The molecule has 1 aliphatic rings. The number of carbonyl (C=O) groups excluding carboxylic acids is 1. The fraction of sp³-hybridized carbons (Fsp3) is 0.375. The molecule has 2 heterocycles. The zero-order valence-corrected chi connectivity index (χ0v) is 12.6. The molecule has 2 N–H and O–H groups in total. The largest absolute Gasteiger partial charge is 0.399 e. The number of fused-ring (bicyclic) bond motifs is 1. The van der Waals surface area contributed by atoms with Crippen molar-refractivity contribution in [2.24, 2.45) is 7.05 Å². The number of benzene rings is 1. The van der Waals surface area contributed by atoms with Gasteiger partial charge in [-0.2, -0.15) is 5.10 Å². The summed E-state index contributed by atoms with van der Waals surface area (Å²) in [4.78, 5) is 14.7. The summed E-state index contributed by atoms with van der Waals surface area (Å²) in [6, 6.07) is 7.75. The minimum absolute atomic E-state index is 0.000668. The molecule has 0 saturated heterocycles. The maximum absolute atomic E-state index is 12.9. The van der Waals surface area contributed by atoms with Gasteiger partial charge in [-0.25, -0.2) is 0 Å². The number of amides is 1. The van der Waals surface area contributed by atoms with Crippen LogP contribution in [0.1, 0.15) is 35.6 Å². The molecule has 21 heavy (non-hydrogen) atoms. The molecule has 0 fully saturated rings. The van der Waals surface area contributed by atoms with Gasteiger partial charge in [0, 0.05) is 24.5 Å². The molecule has 1 amide bonds. The molecule has 0 saturated carbocycles. The Labute approximate surface area is 124 Å². The summed E-state index contributed by atoms with van der Waals surface area (Å²) in [7, 11) is 1.82. The average molecular weight is 284 g/mol. The van der Waals surface area contributed by atoms with Gasteiger partial charge in [-0.05, 0) is 49.6 Å². The first kappa shape index (κ1) is 13.7. The summed E-state index contributed by atoms with van der Waals surface area (Å²) in [5, 5.41) is 4.37. The monoisotopic (exact) mass is 284 g/mol. The highest BCUT2D eigenvalue weighted by atomic mass is 16.2. The Balaban J connectivity index is 2.00. The Morgan fingerprint density at radius 3 is 2.86 bits per heavy atom. The molecular formula is C16H20N4O. The van der Waals surface area contributed by atoms with Crippen molar-refractivity contribution in [1.82, 2.24) is 9.78 Å². The minimum atomic E-state index is 0.000668. The second-order valence-corrected chi connectivity index (χ2v) is 5.61. The number of nitrogen functional groups attached to an aromatic ring is 1. The average Bonchev–Trinajstić information content (AvgIpc) is 2.97. The van der Waals surface area contributed by atoms with Gasteiger partial charge in [-0.15, -0.1) is 0 Å². The highest BCUT2D eigenvalue weighted by Gasteiger charge is 2.33. The normalized spacial score (nSPS) is 17.1. The van der Waals surface area contributed by atoms with Gasteiger partial charge in [-0.1, -0.05) is 6.92 Å². The number of nitrogens with zero attached hydrogens (tertiary/aromatic N) is 3. The maximum Gasteiger partial charge on any atom is 0.276 e. The Morgan fingerprint density at radius 1 is 1.43 bits per heavy atom. The van der Waals surface area contributed by atoms with Crippen LogP contribution < -0.4 is 10.6 Å². The van der Waals surface area contributed by atoms with E-state index in [1.165, 1.54) is 0 Å². The smallest absolute Gasteiger partial charge is 0.276 e. The molecule has 1 aromatic heterocycles. The summed E-state index contributed by atoms with van der Waals surface area (Å²) >= 11 is 0. The van der Waals surface area contributed by atoms with Gasteiger partial charge in [-0.3, -0.25) is 9.48 Å². The van der Waals surface area contributed by atoms with Crippen LogP contribution in [0.15, 0.2) is 24.3 Å². The summed E-state index contributed by atoms with van der Waals surface area (Å²) in [6.07, 6.45) is 1.66. The molecular weight excluding hydrogens is 264 g/mol. The fourth-order valence-corrected chi connectivity index (χ4v) is 2.98. The summed E-state index contributed by atoms with van der Waals surface area (Å²) in [6.45, 7) is 4.10. The van der Waals surface area contributed by atoms with Crippen LogP contribution in [0.3, 0.4) is 0 Å². The number of aromatic nitrogens is 2. The molecule has 1 unspecified atom stereocenters. The predicted molar refractivity (Wildman–Crippen MR) is 83.4 cm³/mol. The van der Waals surface area contributed by atoms with Crippen molar-refractivity contribution in [3.05, 3.63) is 41.2 Å². The fourth-order valence-electron chi connectivity index (χ4n) is 2.98. The van der Waals surface area contributed by atoms with E-state index in [1.807, 2.05) is 43.1 Å². The third-order valence-corrected chi connectivity index (χ3v) is 4.05. The Morgan fingerprint density at radius 2 is 2.19 bits per heavy atom. The van der Waals surface area contributed by atoms with Crippen molar-refractivity contribution >= 4 is 17.3 Å². The molecule has 5 heteroatoms. The van der Waals surface area contributed by atoms with E-state index in [9.17, 15) is 4.79 Å². The van der Waals surface area contributed by atoms with Crippen LogP contribution in [0.2, 0.25) is 0 Å². The van der Waals surface area contributed by atoms with Gasteiger partial charge in [0.25, 0.3) is 5.91 Å². The quantitative estimate of drug-likeness (QED) is 0.859. The summed E-state index contributed by atoms with van der Waals surface area (Å²) < 4.78 is 1.67. The Kier molecular flexibility index (Phi) is 3.20. The number of carbonyl (C=O) groups is 1. The minimum Gasteiger partial charge on any atom is -0.399 e. The van der Waals surface area contributed by atoms with Gasteiger partial charge >= 0.3 is 0 Å². The van der Waals surface area contributed by atoms with Crippen LogP contribution in [-0.2, 0) is 19.9 Å². The standard InChI is InChI=1S/C16H20N4O/c1-4-13-9-15(19(3)18-13)16(21)20-10(2)7-11-8-12(17)5-6-14(11)20/h5-6,8-10H,4,7,17H2,1-3H3. The highest BCUT2D eigenvalue weighted by Crippen LogP contribution is 2.34. The number of nitrogens with two attached hydrogens (primary N) is 1. The lowest BCUT2D eigenvalue weighted by molar-refractivity contribution is 0.0972. The number of hydrogen-bond acceptors (Lipinski definition) is 3. The lowest BCUT2D eigenvalue weighted by Crippen LogP contribution is -2.36. The van der Waals surface area contributed by atoms with E-state index in [2.05, 4.69) is 12.0 Å². The van der Waals surface area contributed by atoms with Crippen LogP contribution in [0.25, 0.3) is 0 Å². The van der Waals surface area contributed by atoms with Crippen LogP contribution >= 0.6 is 0 Å². The van der Waals surface area contributed by atoms with Crippen molar-refractivity contribution in [3.63, 3.8) is 0 Å². The summed E-state index contributed by atoms with van der Waals surface area (Å²) in [5.74, 6) is 0.000668. The van der Waals surface area contributed by atoms with Gasteiger partial charge < -0.3 is 10.6 Å². The van der Waals surface area contributed by atoms with Crippen molar-refractivity contribution in [2.45, 2.75) is 32.7 Å². The molecule has 0 aliphatic carbocycles. The molecule has 0 radical (unpaired) electrons. The van der Waals surface area contributed by atoms with Crippen LogP contribution in [0.5, 0.6) is 0 Å². The zero-order chi connectivity index (χ0) is 15.1. The first-order valence-corrected chi connectivity index (χ1v) is 7.26. The van der Waals surface area contributed by atoms with Crippen LogP contribution in [0.4, 0.5) is 11.4 Å². The van der Waals surface area contributed by atoms with Crippen molar-refractivity contribution in [2.75, 3.05) is 10.6 Å². The van der Waals surface area contributed by atoms with E-state index in [0.29, 0.717) is 5.69 Å². The van der Waals surface area contributed by atoms with Crippen molar-refractivity contribution < 1.29 is 4.79 Å². The topological polar surface area (TPSA) is 64.2 Å². The summed E-state index contributed by atoms with van der Waals surface area (Å²) in [5.41, 5.74) is 10.2. The molecule has 110 valence electrons. The zero-order valence-electron chi connectivity index (χ0n) is 12.6. The van der Waals surface area contributed by atoms with Gasteiger partial charge in [0.1, 0.15) is 5.69 Å². The molecule has 0 bridgehead atoms. The number of rotatable bonds is 2. The maximum atomic E-state index is 12.9. The third kappa shape index (κ3) is 2.18. The van der Waals surface area contributed by atoms with E-state index in [4.69, 9.17) is 5.73 Å². The molecule has 5 nitrogen and oxygen atoms in total. The lowest BCUT2D eigenvalue weighted by atomic mass is 10.1. The highest BCUT2D eigenvalue weighted by molar-refractivity contribution is 6.06. The molecule has 1 aliphatic heterocycles. The SMILES string of the molecule is CCc1cc(C(=O)N2c3ccc(N)cc3CC2C)n(C)n1. The second kappa shape index (κ2) is 4.91. The van der Waals surface area contributed by atoms with Crippen molar-refractivity contribution in [1.29, 1.82) is 0 Å². The van der Waals surface area contributed by atoms with E-state index in [1.54, 1.807) is 4.68 Å². The van der Waals surface area contributed by atoms with Gasteiger partial charge in [0.15, 0.2) is 0 Å². The van der Waals surface area contributed by atoms with Crippen molar-refractivity contribution in [3.8, 4) is 0 Å². The van der Waals surface area contributed by atoms with Crippen LogP contribution in [-0.4, -0.2) is 21.7 Å². The Hall–Kier alpha value is -2.30. The predicted octanol–water partition coefficient (Wildman–Crippen LogP) is 2.16. The number of hydrogen-bond donors (Lipinski definition) is 1. The Bertz CT molecular complexity index is 704. The van der Waals surface area contributed by atoms with Crippen LogP contribution in [0, 0.1) is 0 Å². The molecule has 3 rings (SSSR count). The van der Waals surface area contributed by atoms with E-state index in [-0.39, 0.29) is 11.9 Å². The number of aryl methyl sites for hydroxylation is 2. The first-order chi connectivity index (χ1) is 10.0. The third-order valence-electron chi connectivity index (χ3n) is 4.05. The van der Waals surface area contributed by atoms with E-state index >= 15 is 0 Å². The molecule has 1 aromatic carbocycles. The van der Waals surface area contributed by atoms with E-state index < -0.39 is 0 Å². The first-order valence-electron chi connectivity index (χ1n) is 7.26. The lowest BCUT2D eigenvalue weighted by Gasteiger charge is -2.22. The molecule has 2 aromatic rings.